The van der Waals surface area contributed by atoms with Gasteiger partial charge in [-0.15, -0.1) is 0 Å². The summed E-state index contributed by atoms with van der Waals surface area (Å²) in [5.41, 5.74) is 5.25. The SMILES string of the molecule is Cc1cnc(-c2ccnc(-c3ccccc3)c2)cc1C#N. The van der Waals surface area contributed by atoms with E-state index in [2.05, 4.69) is 16.0 Å². The molecule has 0 unspecified atom stereocenters. The Bertz CT molecular complexity index is 817. The molecule has 3 heteroatoms. The van der Waals surface area contributed by atoms with Gasteiger partial charge in [-0.05, 0) is 30.7 Å². The molecule has 0 fully saturated rings. The molecule has 100 valence electrons. The van der Waals surface area contributed by atoms with Crippen LogP contribution >= 0.6 is 0 Å². The van der Waals surface area contributed by atoms with Crippen LogP contribution < -0.4 is 0 Å². The summed E-state index contributed by atoms with van der Waals surface area (Å²) in [6.07, 6.45) is 3.50. The van der Waals surface area contributed by atoms with Gasteiger partial charge in [0.05, 0.1) is 23.0 Å². The van der Waals surface area contributed by atoms with Crippen LogP contribution in [0.1, 0.15) is 11.1 Å². The Labute approximate surface area is 123 Å². The molecule has 0 spiro atoms. The Kier molecular flexibility index (Phi) is 3.44. The van der Waals surface area contributed by atoms with E-state index in [1.165, 1.54) is 0 Å². The quantitative estimate of drug-likeness (QED) is 0.708. The highest BCUT2D eigenvalue weighted by Gasteiger charge is 2.06. The maximum Gasteiger partial charge on any atom is 0.0995 e. The van der Waals surface area contributed by atoms with Crippen molar-refractivity contribution in [2.75, 3.05) is 0 Å². The molecule has 3 rings (SSSR count). The first kappa shape index (κ1) is 13.0. The molecule has 3 aromatic rings. The van der Waals surface area contributed by atoms with Crippen molar-refractivity contribution in [3.63, 3.8) is 0 Å². The Balaban J connectivity index is 2.07. The van der Waals surface area contributed by atoms with Gasteiger partial charge in [-0.25, -0.2) is 0 Å². The minimum atomic E-state index is 0.651. The Morgan fingerprint density at radius 2 is 1.67 bits per heavy atom. The highest BCUT2D eigenvalue weighted by atomic mass is 14.7. The molecule has 1 aromatic carbocycles. The summed E-state index contributed by atoms with van der Waals surface area (Å²) in [5.74, 6) is 0. The highest BCUT2D eigenvalue weighted by Crippen LogP contribution is 2.24. The van der Waals surface area contributed by atoms with Crippen molar-refractivity contribution in [1.82, 2.24) is 9.97 Å². The lowest BCUT2D eigenvalue weighted by Crippen LogP contribution is -1.91. The van der Waals surface area contributed by atoms with Crippen LogP contribution in [-0.4, -0.2) is 9.97 Å². The fraction of sp³-hybridized carbons (Fsp3) is 0.0556. The molecule has 0 radical (unpaired) electrons. The minimum Gasteiger partial charge on any atom is -0.256 e. The fourth-order valence-corrected chi connectivity index (χ4v) is 2.16. The van der Waals surface area contributed by atoms with E-state index in [9.17, 15) is 0 Å². The van der Waals surface area contributed by atoms with Gasteiger partial charge in [0, 0.05) is 23.5 Å². The summed E-state index contributed by atoms with van der Waals surface area (Å²) in [6.45, 7) is 1.89. The molecule has 0 N–H and O–H groups in total. The second kappa shape index (κ2) is 5.56. The van der Waals surface area contributed by atoms with E-state index < -0.39 is 0 Å². The molecule has 21 heavy (non-hydrogen) atoms. The average Bonchev–Trinajstić information content (AvgIpc) is 2.56. The monoisotopic (exact) mass is 271 g/mol. The van der Waals surface area contributed by atoms with E-state index in [-0.39, 0.29) is 0 Å². The van der Waals surface area contributed by atoms with E-state index in [4.69, 9.17) is 5.26 Å². The molecular formula is C18H13N3. The number of benzene rings is 1. The Hall–Kier alpha value is -2.99. The molecule has 3 nitrogen and oxygen atoms in total. The first-order chi connectivity index (χ1) is 10.3. The maximum atomic E-state index is 9.13. The van der Waals surface area contributed by atoms with Crippen molar-refractivity contribution in [3.8, 4) is 28.6 Å². The zero-order valence-electron chi connectivity index (χ0n) is 11.6. The topological polar surface area (TPSA) is 49.6 Å². The van der Waals surface area contributed by atoms with E-state index in [1.54, 1.807) is 12.4 Å². The van der Waals surface area contributed by atoms with Gasteiger partial charge < -0.3 is 0 Å². The van der Waals surface area contributed by atoms with E-state index in [0.717, 1.165) is 28.1 Å². The largest absolute Gasteiger partial charge is 0.256 e. The first-order valence-electron chi connectivity index (χ1n) is 6.66. The summed E-state index contributed by atoms with van der Waals surface area (Å²) in [7, 11) is 0. The predicted molar refractivity (Wildman–Crippen MR) is 82.4 cm³/mol. The van der Waals surface area contributed by atoms with E-state index >= 15 is 0 Å². The lowest BCUT2D eigenvalue weighted by atomic mass is 10.0. The Morgan fingerprint density at radius 3 is 2.43 bits per heavy atom. The molecule has 0 aliphatic carbocycles. The van der Waals surface area contributed by atoms with Crippen LogP contribution in [-0.2, 0) is 0 Å². The fourth-order valence-electron chi connectivity index (χ4n) is 2.16. The van der Waals surface area contributed by atoms with Crippen molar-refractivity contribution < 1.29 is 0 Å². The van der Waals surface area contributed by atoms with Crippen molar-refractivity contribution in [1.29, 1.82) is 5.26 Å². The van der Waals surface area contributed by atoms with Gasteiger partial charge in [0.25, 0.3) is 0 Å². The third kappa shape index (κ3) is 2.65. The second-order valence-corrected chi connectivity index (χ2v) is 4.79. The summed E-state index contributed by atoms with van der Waals surface area (Å²) in [4.78, 5) is 8.82. The summed E-state index contributed by atoms with van der Waals surface area (Å²) >= 11 is 0. The first-order valence-corrected chi connectivity index (χ1v) is 6.66. The molecule has 0 aliphatic rings. The zero-order chi connectivity index (χ0) is 14.7. The number of hydrogen-bond acceptors (Lipinski definition) is 3. The molecule has 0 bridgehead atoms. The molecular weight excluding hydrogens is 258 g/mol. The molecule has 2 heterocycles. The summed E-state index contributed by atoms with van der Waals surface area (Å²) in [6, 6.07) is 17.9. The molecule has 0 saturated heterocycles. The number of aryl methyl sites for hydroxylation is 1. The summed E-state index contributed by atoms with van der Waals surface area (Å²) in [5, 5.41) is 9.13. The standard InChI is InChI=1S/C18H13N3/c1-13-12-21-18(10-16(13)11-19)15-7-8-20-17(9-15)14-5-3-2-4-6-14/h2-10,12H,1H3. The van der Waals surface area contributed by atoms with Gasteiger partial charge in [-0.1, -0.05) is 30.3 Å². The molecule has 0 amide bonds. The second-order valence-electron chi connectivity index (χ2n) is 4.79. The smallest absolute Gasteiger partial charge is 0.0995 e. The van der Waals surface area contributed by atoms with Crippen molar-refractivity contribution in [3.05, 3.63) is 72.1 Å². The number of nitrogens with zero attached hydrogens (tertiary/aromatic N) is 3. The predicted octanol–water partition coefficient (Wildman–Crippen LogP) is 3.99. The van der Waals surface area contributed by atoms with Gasteiger partial charge in [-0.3, -0.25) is 9.97 Å². The third-order valence-corrected chi connectivity index (χ3v) is 3.35. The van der Waals surface area contributed by atoms with Crippen molar-refractivity contribution in [2.24, 2.45) is 0 Å². The lowest BCUT2D eigenvalue weighted by Gasteiger charge is -2.06. The van der Waals surface area contributed by atoms with Gasteiger partial charge in [-0.2, -0.15) is 5.26 Å². The van der Waals surface area contributed by atoms with Crippen molar-refractivity contribution in [2.45, 2.75) is 6.92 Å². The van der Waals surface area contributed by atoms with Crippen LogP contribution in [0, 0.1) is 18.3 Å². The van der Waals surface area contributed by atoms with Gasteiger partial charge >= 0.3 is 0 Å². The number of hydrogen-bond donors (Lipinski definition) is 0. The highest BCUT2D eigenvalue weighted by molar-refractivity contribution is 5.69. The molecule has 0 aliphatic heterocycles. The van der Waals surface area contributed by atoms with Gasteiger partial charge in [0.1, 0.15) is 0 Å². The number of rotatable bonds is 2. The number of pyridine rings is 2. The van der Waals surface area contributed by atoms with Crippen molar-refractivity contribution >= 4 is 0 Å². The normalized spacial score (nSPS) is 10.1. The van der Waals surface area contributed by atoms with Crippen LogP contribution in [0.15, 0.2) is 60.9 Å². The zero-order valence-corrected chi connectivity index (χ0v) is 11.6. The molecule has 2 aromatic heterocycles. The third-order valence-electron chi connectivity index (χ3n) is 3.35. The summed E-state index contributed by atoms with van der Waals surface area (Å²) < 4.78 is 0. The minimum absolute atomic E-state index is 0.651. The van der Waals surface area contributed by atoms with Crippen LogP contribution in [0.3, 0.4) is 0 Å². The molecule has 0 atom stereocenters. The van der Waals surface area contributed by atoms with Gasteiger partial charge in [0.15, 0.2) is 0 Å². The van der Waals surface area contributed by atoms with Crippen LogP contribution in [0.2, 0.25) is 0 Å². The van der Waals surface area contributed by atoms with E-state index in [1.807, 2.05) is 55.5 Å². The number of nitriles is 1. The van der Waals surface area contributed by atoms with Crippen LogP contribution in [0.5, 0.6) is 0 Å². The average molecular weight is 271 g/mol. The van der Waals surface area contributed by atoms with Crippen LogP contribution in [0.4, 0.5) is 0 Å². The van der Waals surface area contributed by atoms with E-state index in [0.29, 0.717) is 5.56 Å². The van der Waals surface area contributed by atoms with Crippen LogP contribution in [0.25, 0.3) is 22.5 Å². The number of aromatic nitrogens is 2. The lowest BCUT2D eigenvalue weighted by molar-refractivity contribution is 1.24. The molecule has 0 saturated carbocycles. The van der Waals surface area contributed by atoms with Gasteiger partial charge in [0.2, 0.25) is 0 Å². The maximum absolute atomic E-state index is 9.13. The Morgan fingerprint density at radius 1 is 0.905 bits per heavy atom.